The van der Waals surface area contributed by atoms with Crippen LogP contribution in [-0.4, -0.2) is 16.1 Å². The van der Waals surface area contributed by atoms with E-state index < -0.39 is 0 Å². The van der Waals surface area contributed by atoms with Gasteiger partial charge in [0, 0.05) is 11.5 Å². The van der Waals surface area contributed by atoms with E-state index in [0.717, 1.165) is 15.8 Å². The van der Waals surface area contributed by atoms with Crippen LogP contribution in [0.2, 0.25) is 0 Å². The molecule has 1 N–H and O–H groups in total. The Morgan fingerprint density at radius 1 is 1.00 bits per heavy atom. The molecule has 1 aliphatic carbocycles. The van der Waals surface area contributed by atoms with E-state index in [2.05, 4.69) is 15.5 Å². The molecule has 0 spiro atoms. The van der Waals surface area contributed by atoms with Crippen molar-refractivity contribution >= 4 is 33.1 Å². The van der Waals surface area contributed by atoms with Crippen LogP contribution in [0, 0.1) is 0 Å². The molecule has 0 radical (unpaired) electrons. The molecule has 0 bridgehead atoms. The van der Waals surface area contributed by atoms with Gasteiger partial charge in [-0.05, 0) is 29.7 Å². The second-order valence-electron chi connectivity index (χ2n) is 6.26. The third kappa shape index (κ3) is 3.04. The first-order valence-electron chi connectivity index (χ1n) is 8.44. The summed E-state index contributed by atoms with van der Waals surface area (Å²) in [6.45, 7) is 0. The van der Waals surface area contributed by atoms with Crippen LogP contribution in [0.1, 0.15) is 53.4 Å². The first-order valence-corrected chi connectivity index (χ1v) is 9.25. The third-order valence-electron chi connectivity index (χ3n) is 4.65. The minimum atomic E-state index is -0.127. The molecular weight excluding hydrogens is 318 g/mol. The Morgan fingerprint density at radius 2 is 1.79 bits per heavy atom. The van der Waals surface area contributed by atoms with E-state index in [9.17, 15) is 4.79 Å². The van der Waals surface area contributed by atoms with E-state index in [1.807, 2.05) is 42.5 Å². The van der Waals surface area contributed by atoms with Crippen molar-refractivity contribution in [1.82, 2.24) is 10.2 Å². The largest absolute Gasteiger partial charge is 0.296 e. The highest BCUT2D eigenvalue weighted by molar-refractivity contribution is 7.15. The number of nitrogens with zero attached hydrogens (tertiary/aromatic N) is 2. The fraction of sp³-hybridized carbons (Fsp3) is 0.316. The van der Waals surface area contributed by atoms with E-state index in [1.54, 1.807) is 0 Å². The highest BCUT2D eigenvalue weighted by Gasteiger charge is 2.20. The number of amides is 1. The van der Waals surface area contributed by atoms with E-state index in [4.69, 9.17) is 0 Å². The molecule has 5 heteroatoms. The molecule has 0 aliphatic heterocycles. The highest BCUT2D eigenvalue weighted by Crippen LogP contribution is 2.35. The van der Waals surface area contributed by atoms with Gasteiger partial charge < -0.3 is 0 Å². The molecule has 1 aromatic heterocycles. The highest BCUT2D eigenvalue weighted by atomic mass is 32.1. The molecule has 0 unspecified atom stereocenters. The lowest BCUT2D eigenvalue weighted by molar-refractivity contribution is 0.102. The number of carbonyl (C=O) groups is 1. The van der Waals surface area contributed by atoms with Crippen LogP contribution in [0.4, 0.5) is 5.13 Å². The minimum Gasteiger partial charge on any atom is -0.296 e. The lowest BCUT2D eigenvalue weighted by Gasteiger charge is -2.18. The molecule has 4 nitrogen and oxygen atoms in total. The van der Waals surface area contributed by atoms with Gasteiger partial charge in [-0.2, -0.15) is 0 Å². The number of carbonyl (C=O) groups excluding carboxylic acids is 1. The summed E-state index contributed by atoms with van der Waals surface area (Å²) in [6, 6.07) is 13.7. The number of aromatic nitrogens is 2. The Kier molecular flexibility index (Phi) is 4.26. The molecule has 1 fully saturated rings. The third-order valence-corrected chi connectivity index (χ3v) is 5.65. The minimum absolute atomic E-state index is 0.127. The molecule has 1 aliphatic rings. The van der Waals surface area contributed by atoms with Gasteiger partial charge in [0.1, 0.15) is 5.01 Å². The summed E-state index contributed by atoms with van der Waals surface area (Å²) in [7, 11) is 0. The average Bonchev–Trinajstić information content (AvgIpc) is 3.10. The Hall–Kier alpha value is -2.27. The van der Waals surface area contributed by atoms with Gasteiger partial charge in [0.25, 0.3) is 5.91 Å². The van der Waals surface area contributed by atoms with Crippen LogP contribution in [0.5, 0.6) is 0 Å². The lowest BCUT2D eigenvalue weighted by Crippen LogP contribution is -2.12. The summed E-state index contributed by atoms with van der Waals surface area (Å²) in [5.74, 6) is 0.387. The van der Waals surface area contributed by atoms with E-state index >= 15 is 0 Å². The van der Waals surface area contributed by atoms with E-state index in [1.165, 1.54) is 43.4 Å². The summed E-state index contributed by atoms with van der Waals surface area (Å²) in [5, 5.41) is 15.1. The fourth-order valence-corrected chi connectivity index (χ4v) is 4.29. The summed E-state index contributed by atoms with van der Waals surface area (Å²) in [6.07, 6.45) is 6.22. The molecule has 2 aromatic carbocycles. The number of fused-ring (bicyclic) bond motifs is 1. The smallest absolute Gasteiger partial charge is 0.258 e. The summed E-state index contributed by atoms with van der Waals surface area (Å²) >= 11 is 1.51. The maximum absolute atomic E-state index is 12.6. The maximum atomic E-state index is 12.6. The van der Waals surface area contributed by atoms with Crippen molar-refractivity contribution < 1.29 is 4.79 Å². The predicted molar refractivity (Wildman–Crippen MR) is 97.6 cm³/mol. The Bertz CT molecular complexity index is 862. The van der Waals surface area contributed by atoms with Crippen molar-refractivity contribution in [2.75, 3.05) is 5.32 Å². The molecule has 4 rings (SSSR count). The zero-order chi connectivity index (χ0) is 16.4. The molecular formula is C19H19N3OS. The van der Waals surface area contributed by atoms with Crippen LogP contribution >= 0.6 is 11.3 Å². The second kappa shape index (κ2) is 6.69. The van der Waals surface area contributed by atoms with Gasteiger partial charge >= 0.3 is 0 Å². The van der Waals surface area contributed by atoms with Crippen LogP contribution < -0.4 is 5.32 Å². The second-order valence-corrected chi connectivity index (χ2v) is 7.27. The number of rotatable bonds is 3. The number of hydrogen-bond donors (Lipinski definition) is 1. The summed E-state index contributed by atoms with van der Waals surface area (Å²) in [5.41, 5.74) is 0.669. The van der Waals surface area contributed by atoms with Crippen LogP contribution in [0.3, 0.4) is 0 Å². The molecule has 1 amide bonds. The van der Waals surface area contributed by atoms with E-state index in [-0.39, 0.29) is 5.91 Å². The quantitative estimate of drug-likeness (QED) is 0.732. The molecule has 0 atom stereocenters. The average molecular weight is 337 g/mol. The SMILES string of the molecule is O=C(Nc1nnc(C2CCCCC2)s1)c1cccc2ccccc12. The van der Waals surface area contributed by atoms with Gasteiger partial charge in [-0.15, -0.1) is 10.2 Å². The Balaban J connectivity index is 1.54. The van der Waals surface area contributed by atoms with Crippen molar-refractivity contribution in [1.29, 1.82) is 0 Å². The number of benzene rings is 2. The van der Waals surface area contributed by atoms with Crippen molar-refractivity contribution in [2.45, 2.75) is 38.0 Å². The predicted octanol–water partition coefficient (Wildman–Crippen LogP) is 4.99. The molecule has 0 saturated heterocycles. The first kappa shape index (κ1) is 15.3. The van der Waals surface area contributed by atoms with Crippen molar-refractivity contribution in [3.63, 3.8) is 0 Å². The van der Waals surface area contributed by atoms with Crippen molar-refractivity contribution in [2.24, 2.45) is 0 Å². The molecule has 3 aromatic rings. The maximum Gasteiger partial charge on any atom is 0.258 e. The summed E-state index contributed by atoms with van der Waals surface area (Å²) < 4.78 is 0. The van der Waals surface area contributed by atoms with Crippen molar-refractivity contribution in [3.8, 4) is 0 Å². The lowest BCUT2D eigenvalue weighted by atomic mass is 9.90. The monoisotopic (exact) mass is 337 g/mol. The van der Waals surface area contributed by atoms with Crippen molar-refractivity contribution in [3.05, 3.63) is 53.0 Å². The normalized spacial score (nSPS) is 15.5. The van der Waals surface area contributed by atoms with Gasteiger partial charge in [-0.3, -0.25) is 10.1 Å². The van der Waals surface area contributed by atoms with Gasteiger partial charge in [-0.25, -0.2) is 0 Å². The number of hydrogen-bond acceptors (Lipinski definition) is 4. The fourth-order valence-electron chi connectivity index (χ4n) is 3.39. The molecule has 122 valence electrons. The van der Waals surface area contributed by atoms with Gasteiger partial charge in [0.05, 0.1) is 0 Å². The van der Waals surface area contributed by atoms with Gasteiger partial charge in [0.15, 0.2) is 0 Å². The van der Waals surface area contributed by atoms with Gasteiger partial charge in [0.2, 0.25) is 5.13 Å². The first-order chi connectivity index (χ1) is 11.8. The zero-order valence-electron chi connectivity index (χ0n) is 13.4. The van der Waals surface area contributed by atoms with Crippen LogP contribution in [0.15, 0.2) is 42.5 Å². The van der Waals surface area contributed by atoms with Crippen LogP contribution in [-0.2, 0) is 0 Å². The topological polar surface area (TPSA) is 54.9 Å². The molecule has 1 saturated carbocycles. The van der Waals surface area contributed by atoms with Crippen LogP contribution in [0.25, 0.3) is 10.8 Å². The Labute approximate surface area is 144 Å². The summed E-state index contributed by atoms with van der Waals surface area (Å²) in [4.78, 5) is 12.6. The van der Waals surface area contributed by atoms with E-state index in [0.29, 0.717) is 16.6 Å². The Morgan fingerprint density at radius 3 is 2.67 bits per heavy atom. The number of nitrogens with one attached hydrogen (secondary N) is 1. The zero-order valence-corrected chi connectivity index (χ0v) is 14.2. The van der Waals surface area contributed by atoms with Gasteiger partial charge in [-0.1, -0.05) is 67.0 Å². The molecule has 24 heavy (non-hydrogen) atoms. The standard InChI is InChI=1S/C19H19N3OS/c23-17(16-12-6-10-13-7-4-5-11-15(13)16)20-19-22-21-18(24-19)14-8-2-1-3-9-14/h4-7,10-12,14H,1-3,8-9H2,(H,20,22,23). The number of anilines is 1. The molecule has 1 heterocycles.